The fourth-order valence-corrected chi connectivity index (χ4v) is 3.10. The molecule has 0 radical (unpaired) electrons. The summed E-state index contributed by atoms with van der Waals surface area (Å²) < 4.78 is 5.90. The number of benzene rings is 2. The van der Waals surface area contributed by atoms with Crippen LogP contribution in [0.1, 0.15) is 31.9 Å². The van der Waals surface area contributed by atoms with Gasteiger partial charge in [-0.15, -0.1) is 0 Å². The highest BCUT2D eigenvalue weighted by molar-refractivity contribution is 6.30. The number of halogens is 1. The first-order chi connectivity index (χ1) is 12.2. The first-order valence-electron chi connectivity index (χ1n) is 8.25. The summed E-state index contributed by atoms with van der Waals surface area (Å²) in [5.74, 6) is 0.472. The van der Waals surface area contributed by atoms with E-state index in [-0.39, 0.29) is 17.4 Å². The van der Waals surface area contributed by atoms with E-state index in [1.165, 1.54) is 6.92 Å². The lowest BCUT2D eigenvalue weighted by Gasteiger charge is -2.33. The molecule has 0 saturated carbocycles. The van der Waals surface area contributed by atoms with Crippen LogP contribution < -0.4 is 15.8 Å². The summed E-state index contributed by atoms with van der Waals surface area (Å²) in [4.78, 5) is 11.3. The molecule has 0 aliphatic carbocycles. The van der Waals surface area contributed by atoms with Crippen LogP contribution in [0.5, 0.6) is 5.75 Å². The van der Waals surface area contributed by atoms with Crippen molar-refractivity contribution in [3.05, 3.63) is 58.2 Å². The maximum Gasteiger partial charge on any atom is 0.217 e. The van der Waals surface area contributed by atoms with E-state index in [1.54, 1.807) is 26.0 Å². The molecule has 26 heavy (non-hydrogen) atoms. The van der Waals surface area contributed by atoms with Gasteiger partial charge in [-0.3, -0.25) is 4.79 Å². The van der Waals surface area contributed by atoms with E-state index < -0.39 is 5.60 Å². The number of fused-ring (bicyclic) bond motifs is 1. The largest absolute Gasteiger partial charge is 0.505 e. The molecule has 0 spiro atoms. The second kappa shape index (κ2) is 6.57. The van der Waals surface area contributed by atoms with Crippen molar-refractivity contribution in [1.29, 1.82) is 0 Å². The van der Waals surface area contributed by atoms with Crippen molar-refractivity contribution in [3.63, 3.8) is 0 Å². The monoisotopic (exact) mass is 372 g/mol. The molecular weight excluding hydrogens is 352 g/mol. The Hall–Kier alpha value is -2.66. The minimum absolute atomic E-state index is 0.0172. The van der Waals surface area contributed by atoms with Crippen LogP contribution in [0.2, 0.25) is 5.02 Å². The number of ether oxygens (including phenoxy) is 1. The normalized spacial score (nSPS) is 15.2. The van der Waals surface area contributed by atoms with E-state index in [0.717, 1.165) is 16.7 Å². The second-order valence-corrected chi connectivity index (χ2v) is 7.23. The zero-order valence-corrected chi connectivity index (χ0v) is 15.6. The van der Waals surface area contributed by atoms with Crippen LogP contribution >= 0.6 is 11.6 Å². The average Bonchev–Trinajstić information content (AvgIpc) is 2.58. The lowest BCUT2D eigenvalue weighted by Crippen LogP contribution is -2.38. The molecular formula is C20H21ClN2O3. The lowest BCUT2D eigenvalue weighted by molar-refractivity contribution is -0.119. The van der Waals surface area contributed by atoms with Gasteiger partial charge < -0.3 is 20.9 Å². The predicted molar refractivity (Wildman–Crippen MR) is 103 cm³/mol. The van der Waals surface area contributed by atoms with Crippen LogP contribution in [0.3, 0.4) is 0 Å². The number of rotatable bonds is 3. The number of aliphatic hydroxyl groups is 1. The van der Waals surface area contributed by atoms with Crippen molar-refractivity contribution in [2.75, 3.05) is 0 Å². The van der Waals surface area contributed by atoms with E-state index in [0.29, 0.717) is 22.9 Å². The Labute approximate surface area is 157 Å². The van der Waals surface area contributed by atoms with Crippen LogP contribution in [-0.4, -0.2) is 16.6 Å². The van der Waals surface area contributed by atoms with Gasteiger partial charge >= 0.3 is 0 Å². The minimum Gasteiger partial charge on any atom is -0.505 e. The molecule has 4 N–H and O–H groups in total. The Morgan fingerprint density at radius 1 is 1.23 bits per heavy atom. The highest BCUT2D eigenvalue weighted by Crippen LogP contribution is 2.40. The third-order valence-electron chi connectivity index (χ3n) is 4.41. The molecule has 1 heterocycles. The van der Waals surface area contributed by atoms with Crippen LogP contribution in [0.4, 0.5) is 0 Å². The summed E-state index contributed by atoms with van der Waals surface area (Å²) in [6.07, 6.45) is 0. The third-order valence-corrected chi connectivity index (χ3v) is 4.65. The molecule has 3 rings (SSSR count). The van der Waals surface area contributed by atoms with Crippen molar-refractivity contribution >= 4 is 23.3 Å². The predicted octanol–water partition coefficient (Wildman–Crippen LogP) is 4.00. The fraction of sp³-hybridized carbons (Fsp3) is 0.250. The number of aliphatic hydroxyl groups excluding tert-OH is 1. The molecule has 2 aromatic rings. The van der Waals surface area contributed by atoms with Crippen molar-refractivity contribution in [1.82, 2.24) is 5.32 Å². The Bertz CT molecular complexity index is 919. The van der Waals surface area contributed by atoms with Crippen LogP contribution in [0, 0.1) is 0 Å². The summed E-state index contributed by atoms with van der Waals surface area (Å²) in [7, 11) is 0. The molecule has 0 bridgehead atoms. The second-order valence-electron chi connectivity index (χ2n) is 6.80. The number of nitrogens with two attached hydrogens (primary N) is 1. The smallest absolute Gasteiger partial charge is 0.217 e. The van der Waals surface area contributed by atoms with Gasteiger partial charge in [0.25, 0.3) is 0 Å². The summed E-state index contributed by atoms with van der Waals surface area (Å²) >= 11 is 6.17. The molecule has 1 amide bonds. The van der Waals surface area contributed by atoms with Crippen molar-refractivity contribution in [2.45, 2.75) is 32.9 Å². The zero-order valence-electron chi connectivity index (χ0n) is 14.9. The van der Waals surface area contributed by atoms with Gasteiger partial charge in [-0.2, -0.15) is 0 Å². The zero-order chi connectivity index (χ0) is 19.1. The number of carbonyl (C=O) groups excluding carboxylic acids is 1. The molecule has 1 aliphatic rings. The Morgan fingerprint density at radius 2 is 1.96 bits per heavy atom. The standard InChI is InChI=1S/C20H21ClN2O3/c1-11(24)23-10-13-4-6-14(21)9-15(13)12-5-7-17-16(8-12)18(25)19(22)20(2,3)26-17/h4-9,25H,10,22H2,1-3H3,(H,23,24). The van der Waals surface area contributed by atoms with Crippen LogP contribution in [-0.2, 0) is 11.3 Å². The van der Waals surface area contributed by atoms with E-state index in [4.69, 9.17) is 22.1 Å². The quantitative estimate of drug-likeness (QED) is 0.760. The topological polar surface area (TPSA) is 84.6 Å². The molecule has 0 fully saturated rings. The van der Waals surface area contributed by atoms with Gasteiger partial charge in [0.2, 0.25) is 5.91 Å². The number of nitrogens with one attached hydrogen (secondary N) is 1. The molecule has 1 aliphatic heterocycles. The van der Waals surface area contributed by atoms with Crippen molar-refractivity contribution < 1.29 is 14.6 Å². The first kappa shape index (κ1) is 18.1. The molecule has 6 heteroatoms. The van der Waals surface area contributed by atoms with Gasteiger partial charge in [0, 0.05) is 18.5 Å². The van der Waals surface area contributed by atoms with Gasteiger partial charge in [-0.1, -0.05) is 23.7 Å². The van der Waals surface area contributed by atoms with E-state index in [2.05, 4.69) is 5.32 Å². The Morgan fingerprint density at radius 3 is 2.65 bits per heavy atom. The highest BCUT2D eigenvalue weighted by Gasteiger charge is 2.33. The number of hydrogen-bond acceptors (Lipinski definition) is 4. The molecule has 136 valence electrons. The number of carbonyl (C=O) groups is 1. The van der Waals surface area contributed by atoms with Gasteiger partial charge in [-0.05, 0) is 54.8 Å². The van der Waals surface area contributed by atoms with Crippen molar-refractivity contribution in [3.8, 4) is 16.9 Å². The van der Waals surface area contributed by atoms with Crippen LogP contribution in [0.15, 0.2) is 42.1 Å². The van der Waals surface area contributed by atoms with Crippen LogP contribution in [0.25, 0.3) is 16.9 Å². The van der Waals surface area contributed by atoms with Crippen molar-refractivity contribution in [2.24, 2.45) is 5.73 Å². The summed E-state index contributed by atoms with van der Waals surface area (Å²) in [6.45, 7) is 5.46. The SMILES string of the molecule is CC(=O)NCc1ccc(Cl)cc1-c1ccc2c(c1)C(O)=C(N)C(C)(C)O2. The Kier molecular flexibility index (Phi) is 4.59. The highest BCUT2D eigenvalue weighted by atomic mass is 35.5. The molecule has 0 aromatic heterocycles. The maximum atomic E-state index is 11.3. The number of hydrogen-bond donors (Lipinski definition) is 3. The molecule has 0 unspecified atom stereocenters. The van der Waals surface area contributed by atoms with Gasteiger partial charge in [0.05, 0.1) is 11.3 Å². The minimum atomic E-state index is -0.773. The Balaban J connectivity index is 2.09. The molecule has 0 atom stereocenters. The average molecular weight is 373 g/mol. The molecule has 0 saturated heterocycles. The lowest BCUT2D eigenvalue weighted by atomic mass is 9.93. The molecule has 5 nitrogen and oxygen atoms in total. The maximum absolute atomic E-state index is 11.3. The first-order valence-corrected chi connectivity index (χ1v) is 8.62. The molecule has 2 aromatic carbocycles. The third kappa shape index (κ3) is 3.35. The van der Waals surface area contributed by atoms with Gasteiger partial charge in [0.15, 0.2) is 0 Å². The summed E-state index contributed by atoms with van der Waals surface area (Å²) in [5, 5.41) is 13.9. The number of amides is 1. The van der Waals surface area contributed by atoms with Gasteiger partial charge in [0.1, 0.15) is 17.1 Å². The fourth-order valence-electron chi connectivity index (χ4n) is 2.92. The van der Waals surface area contributed by atoms with E-state index in [1.807, 2.05) is 24.3 Å². The van der Waals surface area contributed by atoms with E-state index in [9.17, 15) is 9.90 Å². The van der Waals surface area contributed by atoms with E-state index >= 15 is 0 Å². The summed E-state index contributed by atoms with van der Waals surface area (Å²) in [5.41, 5.74) is 8.70. The summed E-state index contributed by atoms with van der Waals surface area (Å²) in [6, 6.07) is 11.0. The van der Waals surface area contributed by atoms with Gasteiger partial charge in [-0.25, -0.2) is 0 Å².